The summed E-state index contributed by atoms with van der Waals surface area (Å²) in [5.74, 6) is 0.0622. The second-order valence-corrected chi connectivity index (χ2v) is 4.53. The number of nitrogens with zero attached hydrogens (tertiary/aromatic N) is 1. The molecule has 1 aliphatic carbocycles. The van der Waals surface area contributed by atoms with Crippen LogP contribution in [-0.2, 0) is 4.79 Å². The van der Waals surface area contributed by atoms with E-state index in [1.807, 2.05) is 0 Å². The van der Waals surface area contributed by atoms with Crippen molar-refractivity contribution in [1.29, 1.82) is 0 Å². The molecule has 0 aromatic rings. The molecular weight excluding hydrogens is 166 g/mol. The van der Waals surface area contributed by atoms with Gasteiger partial charge in [-0.2, -0.15) is 0 Å². The number of carboxylic acid groups (broad SMARTS) is 1. The third kappa shape index (κ3) is 1.46. The average molecular weight is 183 g/mol. The van der Waals surface area contributed by atoms with E-state index in [1.165, 1.54) is 6.42 Å². The molecule has 0 radical (unpaired) electrons. The molecule has 2 aliphatic rings. The Hall–Kier alpha value is -0.570. The second-order valence-electron chi connectivity index (χ2n) is 4.53. The quantitative estimate of drug-likeness (QED) is 0.702. The molecule has 3 nitrogen and oxygen atoms in total. The average Bonchev–Trinajstić information content (AvgIpc) is 2.83. The summed E-state index contributed by atoms with van der Waals surface area (Å²) in [4.78, 5) is 13.2. The molecule has 0 spiro atoms. The van der Waals surface area contributed by atoms with Gasteiger partial charge in [0.1, 0.15) is 5.54 Å². The highest BCUT2D eigenvalue weighted by Crippen LogP contribution is 2.43. The second kappa shape index (κ2) is 2.98. The summed E-state index contributed by atoms with van der Waals surface area (Å²) in [6, 6.07) is 0. The van der Waals surface area contributed by atoms with Crippen molar-refractivity contribution < 1.29 is 9.90 Å². The van der Waals surface area contributed by atoms with Gasteiger partial charge in [0.25, 0.3) is 0 Å². The highest BCUT2D eigenvalue weighted by Gasteiger charge is 2.55. The molecule has 0 aromatic heterocycles. The smallest absolute Gasteiger partial charge is 0.324 e. The molecule has 1 N–H and O–H groups in total. The van der Waals surface area contributed by atoms with Crippen molar-refractivity contribution in [2.45, 2.75) is 38.1 Å². The van der Waals surface area contributed by atoms with Gasteiger partial charge in [0.15, 0.2) is 0 Å². The van der Waals surface area contributed by atoms with Gasteiger partial charge in [0, 0.05) is 6.54 Å². The SMILES string of the molecule is CC1CCCN(C2(C(=O)O)CC2)C1. The van der Waals surface area contributed by atoms with Gasteiger partial charge in [0.05, 0.1) is 0 Å². The zero-order valence-corrected chi connectivity index (χ0v) is 8.12. The first-order valence-corrected chi connectivity index (χ1v) is 5.13. The van der Waals surface area contributed by atoms with E-state index in [2.05, 4.69) is 11.8 Å². The van der Waals surface area contributed by atoms with Crippen molar-refractivity contribution in [3.63, 3.8) is 0 Å². The van der Waals surface area contributed by atoms with Crippen LogP contribution < -0.4 is 0 Å². The van der Waals surface area contributed by atoms with Crippen LogP contribution in [0.4, 0.5) is 0 Å². The van der Waals surface area contributed by atoms with Crippen LogP contribution in [0, 0.1) is 5.92 Å². The normalized spacial score (nSPS) is 32.8. The van der Waals surface area contributed by atoms with E-state index in [9.17, 15) is 4.79 Å². The van der Waals surface area contributed by atoms with Crippen LogP contribution >= 0.6 is 0 Å². The Balaban J connectivity index is 2.03. The summed E-state index contributed by atoms with van der Waals surface area (Å²) in [5.41, 5.74) is -0.450. The monoisotopic (exact) mass is 183 g/mol. The molecule has 1 unspecified atom stereocenters. The molecule has 3 heteroatoms. The van der Waals surface area contributed by atoms with Gasteiger partial charge < -0.3 is 5.11 Å². The van der Waals surface area contributed by atoms with Gasteiger partial charge >= 0.3 is 5.97 Å². The van der Waals surface area contributed by atoms with Gasteiger partial charge in [0.2, 0.25) is 0 Å². The number of hydrogen-bond acceptors (Lipinski definition) is 2. The van der Waals surface area contributed by atoms with Crippen molar-refractivity contribution in [1.82, 2.24) is 4.90 Å². The predicted octanol–water partition coefficient (Wildman–Crippen LogP) is 1.34. The van der Waals surface area contributed by atoms with Crippen LogP contribution in [0.15, 0.2) is 0 Å². The lowest BCUT2D eigenvalue weighted by atomic mass is 9.98. The largest absolute Gasteiger partial charge is 0.480 e. The molecule has 2 rings (SSSR count). The van der Waals surface area contributed by atoms with Gasteiger partial charge in [-0.1, -0.05) is 6.92 Å². The highest BCUT2D eigenvalue weighted by atomic mass is 16.4. The summed E-state index contributed by atoms with van der Waals surface area (Å²) in [6.07, 6.45) is 4.13. The van der Waals surface area contributed by atoms with Gasteiger partial charge in [-0.3, -0.25) is 9.69 Å². The lowest BCUT2D eigenvalue weighted by Crippen LogP contribution is -2.48. The molecule has 1 saturated heterocycles. The lowest BCUT2D eigenvalue weighted by molar-refractivity contribution is -0.146. The molecule has 1 aliphatic heterocycles. The molecule has 0 amide bonds. The van der Waals surface area contributed by atoms with Crippen molar-refractivity contribution >= 4 is 5.97 Å². The fourth-order valence-electron chi connectivity index (χ4n) is 2.36. The first kappa shape index (κ1) is 9.00. The lowest BCUT2D eigenvalue weighted by Gasteiger charge is -2.35. The maximum Gasteiger partial charge on any atom is 0.324 e. The van der Waals surface area contributed by atoms with E-state index in [1.54, 1.807) is 0 Å². The molecule has 74 valence electrons. The van der Waals surface area contributed by atoms with E-state index in [0.29, 0.717) is 5.92 Å². The number of aliphatic carboxylic acids is 1. The molecule has 13 heavy (non-hydrogen) atoms. The number of hydrogen-bond donors (Lipinski definition) is 1. The topological polar surface area (TPSA) is 40.5 Å². The minimum Gasteiger partial charge on any atom is -0.480 e. The van der Waals surface area contributed by atoms with Crippen LogP contribution in [0.2, 0.25) is 0 Å². The van der Waals surface area contributed by atoms with Crippen LogP contribution in [0.3, 0.4) is 0 Å². The van der Waals surface area contributed by atoms with Gasteiger partial charge in [-0.15, -0.1) is 0 Å². The summed E-state index contributed by atoms with van der Waals surface area (Å²) < 4.78 is 0. The van der Waals surface area contributed by atoms with E-state index in [0.717, 1.165) is 32.4 Å². The molecule has 1 saturated carbocycles. The fourth-order valence-corrected chi connectivity index (χ4v) is 2.36. The van der Waals surface area contributed by atoms with Gasteiger partial charge in [-0.05, 0) is 38.1 Å². The Labute approximate surface area is 78.7 Å². The van der Waals surface area contributed by atoms with Crippen molar-refractivity contribution in [2.24, 2.45) is 5.92 Å². The number of rotatable bonds is 2. The summed E-state index contributed by atoms with van der Waals surface area (Å²) in [7, 11) is 0. The van der Waals surface area contributed by atoms with Crippen molar-refractivity contribution in [3.05, 3.63) is 0 Å². The Morgan fingerprint density at radius 3 is 2.69 bits per heavy atom. The zero-order chi connectivity index (χ0) is 9.47. The molecule has 0 aromatic carbocycles. The van der Waals surface area contributed by atoms with Crippen molar-refractivity contribution in [3.8, 4) is 0 Å². The van der Waals surface area contributed by atoms with E-state index in [-0.39, 0.29) is 0 Å². The minimum absolute atomic E-state index is 0.450. The fraction of sp³-hybridized carbons (Fsp3) is 0.900. The van der Waals surface area contributed by atoms with E-state index >= 15 is 0 Å². The minimum atomic E-state index is -0.610. The zero-order valence-electron chi connectivity index (χ0n) is 8.12. The summed E-state index contributed by atoms with van der Waals surface area (Å²) >= 11 is 0. The number of likely N-dealkylation sites (tertiary alicyclic amines) is 1. The van der Waals surface area contributed by atoms with E-state index in [4.69, 9.17) is 5.11 Å². The number of piperidine rings is 1. The van der Waals surface area contributed by atoms with Crippen LogP contribution in [-0.4, -0.2) is 34.6 Å². The number of carboxylic acids is 1. The Morgan fingerprint density at radius 1 is 1.54 bits per heavy atom. The first-order valence-electron chi connectivity index (χ1n) is 5.13. The molecule has 2 fully saturated rings. The van der Waals surface area contributed by atoms with Crippen LogP contribution in [0.1, 0.15) is 32.6 Å². The standard InChI is InChI=1S/C10H17NO2/c1-8-3-2-6-11(7-8)10(4-5-10)9(12)13/h8H,2-7H2,1H3,(H,12,13). The third-order valence-electron chi connectivity index (χ3n) is 3.38. The van der Waals surface area contributed by atoms with Crippen LogP contribution in [0.5, 0.6) is 0 Å². The molecule has 1 atom stereocenters. The first-order chi connectivity index (χ1) is 6.15. The maximum atomic E-state index is 11.0. The molecule has 1 heterocycles. The van der Waals surface area contributed by atoms with E-state index < -0.39 is 11.5 Å². The highest BCUT2D eigenvalue weighted by molar-refractivity contribution is 5.82. The predicted molar refractivity (Wildman–Crippen MR) is 49.6 cm³/mol. The number of carbonyl (C=O) groups is 1. The third-order valence-corrected chi connectivity index (χ3v) is 3.38. The Morgan fingerprint density at radius 2 is 2.23 bits per heavy atom. The van der Waals surface area contributed by atoms with Crippen molar-refractivity contribution in [2.75, 3.05) is 13.1 Å². The summed E-state index contributed by atoms with van der Waals surface area (Å²) in [6.45, 7) is 4.17. The molecular formula is C10H17NO2. The molecule has 0 bridgehead atoms. The van der Waals surface area contributed by atoms with Gasteiger partial charge in [-0.25, -0.2) is 0 Å². The Bertz CT molecular complexity index is 223. The maximum absolute atomic E-state index is 11.0. The summed E-state index contributed by atoms with van der Waals surface area (Å²) in [5, 5.41) is 9.10. The Kier molecular flexibility index (Phi) is 2.06. The van der Waals surface area contributed by atoms with Crippen LogP contribution in [0.25, 0.3) is 0 Å².